The summed E-state index contributed by atoms with van der Waals surface area (Å²) in [4.78, 5) is 24.1. The Morgan fingerprint density at radius 1 is 0.812 bits per heavy atom. The lowest BCUT2D eigenvalue weighted by Crippen LogP contribution is -1.61. The number of hydrogen-bond acceptors (Lipinski definition) is 4. The fraction of sp³-hybridized carbons (Fsp3) is 0.167. The minimum absolute atomic E-state index is 0.808. The van der Waals surface area contributed by atoms with Crippen LogP contribution in [0.3, 0.4) is 0 Å². The van der Waals surface area contributed by atoms with Gasteiger partial charge < -0.3 is 0 Å². The van der Waals surface area contributed by atoms with Gasteiger partial charge in [-0.25, -0.2) is 0 Å². The Kier molecular flexibility index (Phi) is 5.08. The molecular formula is C12H12O2S2. The summed E-state index contributed by atoms with van der Waals surface area (Å²) in [5.74, 6) is 0. The number of aryl methyl sites for hydroxylation is 2. The molecule has 0 fully saturated rings. The van der Waals surface area contributed by atoms with Crippen LogP contribution in [0.5, 0.6) is 0 Å². The van der Waals surface area contributed by atoms with Crippen molar-refractivity contribution in [3.8, 4) is 0 Å². The summed E-state index contributed by atoms with van der Waals surface area (Å²) >= 11 is 3.04. The third kappa shape index (κ3) is 4.08. The van der Waals surface area contributed by atoms with Crippen LogP contribution < -0.4 is 0 Å². The Balaban J connectivity index is 0.000000160. The standard InChI is InChI=1S/2C6H6OS/c2*1-5-2-3-6(4-7)8-5/h2*2-4H,1H3. The van der Waals surface area contributed by atoms with Gasteiger partial charge in [0.2, 0.25) is 0 Å². The molecule has 0 atom stereocenters. The van der Waals surface area contributed by atoms with Crippen LogP contribution in [0.25, 0.3) is 0 Å². The van der Waals surface area contributed by atoms with Gasteiger partial charge >= 0.3 is 0 Å². The van der Waals surface area contributed by atoms with Gasteiger partial charge in [0, 0.05) is 9.75 Å². The van der Waals surface area contributed by atoms with Crippen LogP contribution in [0.1, 0.15) is 29.1 Å². The van der Waals surface area contributed by atoms with Crippen molar-refractivity contribution < 1.29 is 9.59 Å². The van der Waals surface area contributed by atoms with Crippen LogP contribution >= 0.6 is 22.7 Å². The minimum Gasteiger partial charge on any atom is -0.297 e. The zero-order valence-electron chi connectivity index (χ0n) is 9.10. The van der Waals surface area contributed by atoms with Crippen molar-refractivity contribution in [3.05, 3.63) is 43.8 Å². The quantitative estimate of drug-likeness (QED) is 0.763. The normalized spacial score (nSPS) is 9.12. The van der Waals surface area contributed by atoms with Crippen molar-refractivity contribution in [2.45, 2.75) is 13.8 Å². The third-order valence-corrected chi connectivity index (χ3v) is 3.61. The molecule has 4 heteroatoms. The molecule has 2 heterocycles. The van der Waals surface area contributed by atoms with Crippen LogP contribution in [-0.2, 0) is 0 Å². The number of carbonyl (C=O) groups excluding carboxylic acids is 2. The van der Waals surface area contributed by atoms with Gasteiger partial charge in [-0.05, 0) is 38.1 Å². The largest absolute Gasteiger partial charge is 0.297 e. The molecular weight excluding hydrogens is 240 g/mol. The summed E-state index contributed by atoms with van der Waals surface area (Å²) < 4.78 is 0. The highest BCUT2D eigenvalue weighted by molar-refractivity contribution is 7.13. The Labute approximate surface area is 103 Å². The SMILES string of the molecule is Cc1ccc(C=O)s1.Cc1ccc(C=O)s1. The molecule has 0 unspecified atom stereocenters. The first-order valence-corrected chi connectivity index (χ1v) is 6.32. The molecule has 0 bridgehead atoms. The summed E-state index contributed by atoms with van der Waals surface area (Å²) in [5.41, 5.74) is 0. The molecule has 2 rings (SSSR count). The van der Waals surface area contributed by atoms with Crippen LogP contribution in [-0.4, -0.2) is 12.6 Å². The van der Waals surface area contributed by atoms with Crippen molar-refractivity contribution in [1.82, 2.24) is 0 Å². The van der Waals surface area contributed by atoms with Crippen molar-refractivity contribution in [2.24, 2.45) is 0 Å². The molecule has 2 aromatic heterocycles. The first-order valence-electron chi connectivity index (χ1n) is 4.69. The molecule has 0 N–H and O–H groups in total. The molecule has 2 nitrogen and oxygen atoms in total. The Bertz CT molecular complexity index is 425. The van der Waals surface area contributed by atoms with Gasteiger partial charge in [0.15, 0.2) is 12.6 Å². The summed E-state index contributed by atoms with van der Waals surface area (Å²) in [7, 11) is 0. The average molecular weight is 252 g/mol. The average Bonchev–Trinajstić information content (AvgIpc) is 2.88. The zero-order chi connectivity index (χ0) is 12.0. The smallest absolute Gasteiger partial charge is 0.160 e. The molecule has 0 spiro atoms. The van der Waals surface area contributed by atoms with E-state index < -0.39 is 0 Å². The second kappa shape index (κ2) is 6.35. The van der Waals surface area contributed by atoms with Crippen LogP contribution in [0.4, 0.5) is 0 Å². The van der Waals surface area contributed by atoms with E-state index >= 15 is 0 Å². The first kappa shape index (κ1) is 12.8. The fourth-order valence-electron chi connectivity index (χ4n) is 1.03. The molecule has 0 aromatic carbocycles. The maximum absolute atomic E-state index is 10.0. The fourth-order valence-corrected chi connectivity index (χ4v) is 2.42. The molecule has 0 saturated carbocycles. The van der Waals surface area contributed by atoms with Crippen molar-refractivity contribution >= 4 is 35.2 Å². The molecule has 0 saturated heterocycles. The zero-order valence-corrected chi connectivity index (χ0v) is 10.7. The second-order valence-electron chi connectivity index (χ2n) is 3.13. The van der Waals surface area contributed by atoms with E-state index in [0.717, 1.165) is 22.3 Å². The molecule has 0 aliphatic heterocycles. The van der Waals surface area contributed by atoms with Crippen molar-refractivity contribution in [1.29, 1.82) is 0 Å². The molecule has 2 aromatic rings. The van der Waals surface area contributed by atoms with E-state index in [1.807, 2.05) is 38.1 Å². The number of thiophene rings is 2. The predicted octanol–water partition coefficient (Wildman–Crippen LogP) is 3.74. The number of hydrogen-bond donors (Lipinski definition) is 0. The highest BCUT2D eigenvalue weighted by Gasteiger charge is 1.90. The molecule has 0 amide bonds. The molecule has 0 radical (unpaired) electrons. The maximum atomic E-state index is 10.0. The topological polar surface area (TPSA) is 34.1 Å². The number of aldehydes is 2. The van der Waals surface area contributed by atoms with E-state index in [0.29, 0.717) is 0 Å². The Morgan fingerprint density at radius 3 is 1.31 bits per heavy atom. The molecule has 0 aliphatic rings. The van der Waals surface area contributed by atoms with Crippen LogP contribution in [0.15, 0.2) is 24.3 Å². The molecule has 16 heavy (non-hydrogen) atoms. The van der Waals surface area contributed by atoms with E-state index in [2.05, 4.69) is 0 Å². The second-order valence-corrected chi connectivity index (χ2v) is 5.77. The van der Waals surface area contributed by atoms with Gasteiger partial charge in [-0.1, -0.05) is 0 Å². The van der Waals surface area contributed by atoms with Crippen LogP contribution in [0, 0.1) is 13.8 Å². The summed E-state index contributed by atoms with van der Waals surface area (Å²) in [6.07, 6.45) is 1.75. The van der Waals surface area contributed by atoms with Crippen molar-refractivity contribution in [3.63, 3.8) is 0 Å². The van der Waals surface area contributed by atoms with Gasteiger partial charge in [-0.3, -0.25) is 9.59 Å². The molecule has 84 valence electrons. The number of carbonyl (C=O) groups is 2. The lowest BCUT2D eigenvalue weighted by Gasteiger charge is -1.71. The number of rotatable bonds is 2. The van der Waals surface area contributed by atoms with Gasteiger partial charge in [0.25, 0.3) is 0 Å². The van der Waals surface area contributed by atoms with E-state index in [-0.39, 0.29) is 0 Å². The lowest BCUT2D eigenvalue weighted by atomic mass is 10.5. The lowest BCUT2D eigenvalue weighted by molar-refractivity contribution is 0.111. The Morgan fingerprint density at radius 2 is 1.19 bits per heavy atom. The monoisotopic (exact) mass is 252 g/mol. The first-order chi connectivity index (χ1) is 7.65. The third-order valence-electron chi connectivity index (χ3n) is 1.75. The summed E-state index contributed by atoms with van der Waals surface area (Å²) in [6.45, 7) is 3.97. The van der Waals surface area contributed by atoms with E-state index in [1.54, 1.807) is 0 Å². The maximum Gasteiger partial charge on any atom is 0.160 e. The van der Waals surface area contributed by atoms with E-state index in [4.69, 9.17) is 0 Å². The van der Waals surface area contributed by atoms with E-state index in [9.17, 15) is 9.59 Å². The highest BCUT2D eigenvalue weighted by atomic mass is 32.1. The highest BCUT2D eigenvalue weighted by Crippen LogP contribution is 2.12. The van der Waals surface area contributed by atoms with Gasteiger partial charge in [-0.15, -0.1) is 22.7 Å². The van der Waals surface area contributed by atoms with Gasteiger partial charge in [-0.2, -0.15) is 0 Å². The van der Waals surface area contributed by atoms with Crippen LogP contribution in [0.2, 0.25) is 0 Å². The van der Waals surface area contributed by atoms with Crippen molar-refractivity contribution in [2.75, 3.05) is 0 Å². The molecule has 0 aliphatic carbocycles. The minimum atomic E-state index is 0.808. The summed E-state index contributed by atoms with van der Waals surface area (Å²) in [5, 5.41) is 0. The van der Waals surface area contributed by atoms with Gasteiger partial charge in [0.1, 0.15) is 0 Å². The summed E-state index contributed by atoms with van der Waals surface area (Å²) in [6, 6.07) is 7.53. The predicted molar refractivity (Wildman–Crippen MR) is 68.9 cm³/mol. The van der Waals surface area contributed by atoms with E-state index in [1.165, 1.54) is 32.4 Å². The van der Waals surface area contributed by atoms with Gasteiger partial charge in [0.05, 0.1) is 9.75 Å². The Hall–Kier alpha value is -1.26.